The van der Waals surface area contributed by atoms with E-state index in [1.807, 2.05) is 0 Å². The van der Waals surface area contributed by atoms with E-state index < -0.39 is 33.6 Å². The number of carboxylic acids is 1. The van der Waals surface area contributed by atoms with Crippen molar-refractivity contribution in [1.82, 2.24) is 15.0 Å². The summed E-state index contributed by atoms with van der Waals surface area (Å²) in [7, 11) is -3.20. The van der Waals surface area contributed by atoms with Crippen LogP contribution in [0, 0.1) is 0 Å². The van der Waals surface area contributed by atoms with E-state index in [9.17, 15) is 22.0 Å². The highest BCUT2D eigenvalue weighted by molar-refractivity contribution is 7.91. The van der Waals surface area contributed by atoms with Crippen molar-refractivity contribution in [1.29, 1.82) is 0 Å². The van der Waals surface area contributed by atoms with Crippen LogP contribution in [0.1, 0.15) is 36.0 Å². The highest BCUT2D eigenvalue weighted by Crippen LogP contribution is 2.21. The summed E-state index contributed by atoms with van der Waals surface area (Å²) < 4.78 is 48.7. The van der Waals surface area contributed by atoms with Gasteiger partial charge in [-0.15, -0.1) is 5.10 Å². The molecule has 0 saturated carbocycles. The van der Waals surface area contributed by atoms with Gasteiger partial charge in [0.1, 0.15) is 15.5 Å². The number of halogens is 2. The highest BCUT2D eigenvalue weighted by atomic mass is 32.2. The molecule has 0 unspecified atom stereocenters. The largest absolute Gasteiger partial charge is 0.476 e. The average molecular weight is 297 g/mol. The van der Waals surface area contributed by atoms with Gasteiger partial charge >= 0.3 is 5.97 Å². The van der Waals surface area contributed by atoms with Crippen LogP contribution in [0.4, 0.5) is 8.78 Å². The van der Waals surface area contributed by atoms with E-state index in [1.54, 1.807) is 0 Å². The van der Waals surface area contributed by atoms with Crippen molar-refractivity contribution in [3.63, 3.8) is 0 Å². The third-order valence-electron chi connectivity index (χ3n) is 2.45. The fraction of sp³-hybridized carbons (Fsp3) is 0.667. The Hall–Kier alpha value is -1.58. The summed E-state index contributed by atoms with van der Waals surface area (Å²) in [5.74, 6) is -1.80. The number of nitrogens with zero attached hydrogens (tertiary/aromatic N) is 3. The van der Waals surface area contributed by atoms with Gasteiger partial charge in [-0.2, -0.15) is 0 Å². The number of rotatable bonds is 7. The number of carbonyl (C=O) groups is 1. The van der Waals surface area contributed by atoms with E-state index in [4.69, 9.17) is 5.11 Å². The Morgan fingerprint density at radius 1 is 1.47 bits per heavy atom. The van der Waals surface area contributed by atoms with E-state index in [2.05, 4.69) is 10.3 Å². The molecule has 10 heteroatoms. The summed E-state index contributed by atoms with van der Waals surface area (Å²) in [6.07, 6.45) is -2.97. The predicted molar refractivity (Wildman–Crippen MR) is 60.9 cm³/mol. The van der Waals surface area contributed by atoms with Crippen LogP contribution in [-0.4, -0.2) is 46.0 Å². The Bertz CT molecular complexity index is 556. The van der Waals surface area contributed by atoms with Gasteiger partial charge in [0, 0.05) is 12.3 Å². The molecule has 1 rings (SSSR count). The summed E-state index contributed by atoms with van der Waals surface area (Å²) in [5.41, 5.74) is -1.62. The highest BCUT2D eigenvalue weighted by Gasteiger charge is 2.26. The van der Waals surface area contributed by atoms with Crippen LogP contribution in [0.5, 0.6) is 0 Å². The fourth-order valence-electron chi connectivity index (χ4n) is 1.43. The zero-order chi connectivity index (χ0) is 14.6. The van der Waals surface area contributed by atoms with E-state index in [0.717, 1.165) is 4.68 Å². The third kappa shape index (κ3) is 3.94. The quantitative estimate of drug-likeness (QED) is 0.796. The van der Waals surface area contributed by atoms with Crippen molar-refractivity contribution < 1.29 is 27.1 Å². The molecule has 7 nitrogen and oxygen atoms in total. The normalized spacial score (nSPS) is 12.0. The van der Waals surface area contributed by atoms with Gasteiger partial charge in [0.05, 0.1) is 5.75 Å². The first kappa shape index (κ1) is 15.5. The zero-order valence-electron chi connectivity index (χ0n) is 10.1. The average Bonchev–Trinajstić information content (AvgIpc) is 2.73. The van der Waals surface area contributed by atoms with Crippen LogP contribution >= 0.6 is 0 Å². The first-order valence-electron chi connectivity index (χ1n) is 5.43. The molecule has 0 saturated heterocycles. The Morgan fingerprint density at radius 3 is 2.58 bits per heavy atom. The minimum atomic E-state index is -3.20. The number of hydrogen-bond acceptors (Lipinski definition) is 5. The first-order valence-corrected chi connectivity index (χ1v) is 7.26. The number of alkyl halides is 2. The van der Waals surface area contributed by atoms with Gasteiger partial charge < -0.3 is 5.11 Å². The van der Waals surface area contributed by atoms with Crippen LogP contribution in [0.25, 0.3) is 0 Å². The molecular weight excluding hydrogens is 284 g/mol. The monoisotopic (exact) mass is 297 g/mol. The Morgan fingerprint density at radius 2 is 2.11 bits per heavy atom. The summed E-state index contributed by atoms with van der Waals surface area (Å²) in [6.45, 7) is 1.36. The summed E-state index contributed by atoms with van der Waals surface area (Å²) in [4.78, 5) is 10.7. The van der Waals surface area contributed by atoms with Gasteiger partial charge in [-0.3, -0.25) is 0 Å². The number of sulfone groups is 1. The Balaban J connectivity index is 2.82. The van der Waals surface area contributed by atoms with Crippen LogP contribution in [-0.2, 0) is 16.4 Å². The molecule has 0 fully saturated rings. The number of hydrogen-bond donors (Lipinski definition) is 1. The molecule has 0 radical (unpaired) electrons. The smallest absolute Gasteiger partial charge is 0.358 e. The molecule has 1 aromatic heterocycles. The van der Waals surface area contributed by atoms with Crippen LogP contribution < -0.4 is 0 Å². The maximum absolute atomic E-state index is 12.7. The fourth-order valence-corrected chi connectivity index (χ4v) is 2.29. The zero-order valence-corrected chi connectivity index (χ0v) is 10.9. The topological polar surface area (TPSA) is 102 Å². The van der Waals surface area contributed by atoms with Crippen LogP contribution in [0.3, 0.4) is 0 Å². The van der Waals surface area contributed by atoms with Gasteiger partial charge in [-0.25, -0.2) is 26.7 Å². The van der Waals surface area contributed by atoms with Gasteiger partial charge in [0.2, 0.25) is 0 Å². The second-order valence-corrected chi connectivity index (χ2v) is 6.21. The van der Waals surface area contributed by atoms with E-state index in [-0.39, 0.29) is 24.5 Å². The molecule has 0 spiro atoms. The van der Waals surface area contributed by atoms with Gasteiger partial charge in [-0.1, -0.05) is 12.1 Å². The molecular formula is C9H13F2N3O4S. The van der Waals surface area contributed by atoms with Gasteiger partial charge in [0.25, 0.3) is 6.43 Å². The van der Waals surface area contributed by atoms with Crippen LogP contribution in [0.2, 0.25) is 0 Å². The summed E-state index contributed by atoms with van der Waals surface area (Å²) in [5, 5.41) is 15.1. The summed E-state index contributed by atoms with van der Waals surface area (Å²) in [6, 6.07) is 0. The molecule has 0 aliphatic carbocycles. The Kier molecular flexibility index (Phi) is 4.92. The minimum Gasteiger partial charge on any atom is -0.476 e. The molecule has 1 aromatic rings. The number of aryl methyl sites for hydroxylation is 1. The van der Waals surface area contributed by atoms with Crippen molar-refractivity contribution in [3.8, 4) is 0 Å². The minimum absolute atomic E-state index is 0.0353. The lowest BCUT2D eigenvalue weighted by Gasteiger charge is -2.06. The lowest BCUT2D eigenvalue weighted by Crippen LogP contribution is -2.14. The molecule has 1 N–H and O–H groups in total. The molecule has 0 amide bonds. The molecule has 0 aliphatic heterocycles. The van der Waals surface area contributed by atoms with Crippen molar-refractivity contribution in [2.75, 3.05) is 11.5 Å². The second kappa shape index (κ2) is 6.04. The lowest BCUT2D eigenvalue weighted by atomic mass is 10.3. The summed E-state index contributed by atoms with van der Waals surface area (Å²) >= 11 is 0. The number of aromatic carboxylic acids is 1. The molecule has 0 aliphatic rings. The van der Waals surface area contributed by atoms with Gasteiger partial charge in [-0.05, 0) is 6.42 Å². The predicted octanol–water partition coefficient (Wildman–Crippen LogP) is 0.739. The molecule has 19 heavy (non-hydrogen) atoms. The van der Waals surface area contributed by atoms with Crippen molar-refractivity contribution >= 4 is 15.8 Å². The Labute approximate surface area is 108 Å². The van der Waals surface area contributed by atoms with E-state index in [1.165, 1.54) is 6.92 Å². The molecule has 0 atom stereocenters. The van der Waals surface area contributed by atoms with Crippen LogP contribution in [0.15, 0.2) is 0 Å². The van der Waals surface area contributed by atoms with E-state index >= 15 is 0 Å². The molecule has 0 aromatic carbocycles. The SMILES string of the molecule is CCS(=O)(=O)CCCn1nnc(C(=O)O)c1C(F)F. The molecule has 108 valence electrons. The van der Waals surface area contributed by atoms with Gasteiger partial charge in [0.15, 0.2) is 5.69 Å². The third-order valence-corrected chi connectivity index (χ3v) is 4.24. The first-order chi connectivity index (χ1) is 8.78. The maximum atomic E-state index is 12.7. The van der Waals surface area contributed by atoms with Crippen molar-refractivity contribution in [2.24, 2.45) is 0 Å². The number of aromatic nitrogens is 3. The van der Waals surface area contributed by atoms with Crippen molar-refractivity contribution in [2.45, 2.75) is 26.3 Å². The molecule has 1 heterocycles. The standard InChI is InChI=1S/C9H13F2N3O4S/c1-2-19(17,18)5-3-4-14-7(8(10)11)6(9(15)16)12-13-14/h8H,2-5H2,1H3,(H,15,16). The number of carboxylic acid groups (broad SMARTS) is 1. The second-order valence-electron chi connectivity index (χ2n) is 3.74. The van der Waals surface area contributed by atoms with Crippen molar-refractivity contribution in [3.05, 3.63) is 11.4 Å². The molecule has 0 bridgehead atoms. The van der Waals surface area contributed by atoms with E-state index in [0.29, 0.717) is 0 Å². The maximum Gasteiger partial charge on any atom is 0.358 e. The lowest BCUT2D eigenvalue weighted by molar-refractivity contribution is 0.0675.